The molecule has 3 rings (SSSR count). The molecule has 2 aromatic heterocycles. The minimum Gasteiger partial charge on any atom is -0.330 e. The Balaban J connectivity index is 2.09. The molecule has 1 N–H and O–H groups in total. The normalized spacial score (nSPS) is 14.5. The van der Waals surface area contributed by atoms with Crippen LogP contribution in [0.4, 0.5) is 0 Å². The summed E-state index contributed by atoms with van der Waals surface area (Å²) >= 11 is 0. The Morgan fingerprint density at radius 2 is 2.28 bits per heavy atom. The molecule has 4 nitrogen and oxygen atoms in total. The first-order chi connectivity index (χ1) is 8.90. The summed E-state index contributed by atoms with van der Waals surface area (Å²) in [4.78, 5) is 9.22. The van der Waals surface area contributed by atoms with E-state index in [4.69, 9.17) is 4.98 Å². The van der Waals surface area contributed by atoms with Crippen LogP contribution in [0.15, 0.2) is 24.4 Å². The van der Waals surface area contributed by atoms with Crippen LogP contribution in [0.2, 0.25) is 0 Å². The molecule has 0 atom stereocenters. The maximum Gasteiger partial charge on any atom is 0.123 e. The summed E-state index contributed by atoms with van der Waals surface area (Å²) in [6.07, 6.45) is 5.45. The van der Waals surface area contributed by atoms with Gasteiger partial charge in [0.05, 0.1) is 12.2 Å². The summed E-state index contributed by atoms with van der Waals surface area (Å²) in [5.74, 6) is 1.13. The quantitative estimate of drug-likeness (QED) is 0.895. The summed E-state index contributed by atoms with van der Waals surface area (Å²) < 4.78 is 2.37. The van der Waals surface area contributed by atoms with E-state index < -0.39 is 0 Å². The van der Waals surface area contributed by atoms with Crippen LogP contribution in [0.5, 0.6) is 0 Å². The SMILES string of the molecule is CNCc1nc(-c2ccccn2)c2n1CCCC2. The first-order valence-corrected chi connectivity index (χ1v) is 6.54. The lowest BCUT2D eigenvalue weighted by Crippen LogP contribution is -2.16. The van der Waals surface area contributed by atoms with Crippen LogP contribution in [-0.4, -0.2) is 21.6 Å². The van der Waals surface area contributed by atoms with Gasteiger partial charge in [-0.2, -0.15) is 0 Å². The lowest BCUT2D eigenvalue weighted by molar-refractivity contribution is 0.508. The second-order valence-electron chi connectivity index (χ2n) is 4.68. The van der Waals surface area contributed by atoms with Gasteiger partial charge in [-0.05, 0) is 38.4 Å². The molecule has 0 saturated carbocycles. The lowest BCUT2D eigenvalue weighted by Gasteiger charge is -2.17. The molecule has 0 unspecified atom stereocenters. The van der Waals surface area contributed by atoms with Gasteiger partial charge in [0.25, 0.3) is 0 Å². The molecule has 0 radical (unpaired) electrons. The van der Waals surface area contributed by atoms with Crippen LogP contribution in [0.1, 0.15) is 24.4 Å². The molecule has 4 heteroatoms. The third-order valence-corrected chi connectivity index (χ3v) is 3.44. The average Bonchev–Trinajstić information content (AvgIpc) is 2.80. The van der Waals surface area contributed by atoms with E-state index in [-0.39, 0.29) is 0 Å². The third kappa shape index (κ3) is 1.93. The smallest absolute Gasteiger partial charge is 0.123 e. The summed E-state index contributed by atoms with van der Waals surface area (Å²) in [6.45, 7) is 1.91. The molecule has 0 aromatic carbocycles. The van der Waals surface area contributed by atoms with Gasteiger partial charge in [-0.1, -0.05) is 6.07 Å². The van der Waals surface area contributed by atoms with E-state index in [2.05, 4.69) is 14.9 Å². The molecule has 0 saturated heterocycles. The van der Waals surface area contributed by atoms with Gasteiger partial charge < -0.3 is 9.88 Å². The highest BCUT2D eigenvalue weighted by Crippen LogP contribution is 2.27. The van der Waals surface area contributed by atoms with Gasteiger partial charge in [0.15, 0.2) is 0 Å². The van der Waals surface area contributed by atoms with E-state index in [0.717, 1.165) is 36.7 Å². The largest absolute Gasteiger partial charge is 0.330 e. The number of imidazole rings is 1. The van der Waals surface area contributed by atoms with E-state index >= 15 is 0 Å². The highest BCUT2D eigenvalue weighted by molar-refractivity contribution is 5.58. The van der Waals surface area contributed by atoms with Gasteiger partial charge in [-0.25, -0.2) is 4.98 Å². The van der Waals surface area contributed by atoms with Crippen LogP contribution in [-0.2, 0) is 19.5 Å². The van der Waals surface area contributed by atoms with Crippen LogP contribution in [0.25, 0.3) is 11.4 Å². The van der Waals surface area contributed by atoms with Crippen molar-refractivity contribution in [2.45, 2.75) is 32.4 Å². The van der Waals surface area contributed by atoms with E-state index in [0.29, 0.717) is 0 Å². The number of rotatable bonds is 3. The van der Waals surface area contributed by atoms with E-state index in [1.807, 2.05) is 31.4 Å². The predicted octanol–water partition coefficient (Wildman–Crippen LogP) is 2.00. The van der Waals surface area contributed by atoms with Gasteiger partial charge in [0, 0.05) is 18.4 Å². The Hall–Kier alpha value is -1.68. The molecule has 94 valence electrons. The molecule has 2 aromatic rings. The second kappa shape index (κ2) is 4.90. The number of fused-ring (bicyclic) bond motifs is 1. The molecule has 1 aliphatic rings. The molecular formula is C14H18N4. The third-order valence-electron chi connectivity index (χ3n) is 3.44. The molecule has 0 spiro atoms. The topological polar surface area (TPSA) is 42.7 Å². The van der Waals surface area contributed by atoms with Gasteiger partial charge in [-0.15, -0.1) is 0 Å². The first kappa shape index (κ1) is 11.4. The number of pyridine rings is 1. The van der Waals surface area contributed by atoms with Crippen molar-refractivity contribution in [1.29, 1.82) is 0 Å². The van der Waals surface area contributed by atoms with Crippen molar-refractivity contribution in [3.63, 3.8) is 0 Å². The molecule has 1 aliphatic heterocycles. The van der Waals surface area contributed by atoms with Crippen molar-refractivity contribution in [2.75, 3.05) is 7.05 Å². The summed E-state index contributed by atoms with van der Waals surface area (Å²) in [7, 11) is 1.96. The minimum atomic E-state index is 0.819. The second-order valence-corrected chi connectivity index (χ2v) is 4.68. The minimum absolute atomic E-state index is 0.819. The highest BCUT2D eigenvalue weighted by atomic mass is 15.1. The van der Waals surface area contributed by atoms with Gasteiger partial charge in [0.1, 0.15) is 11.5 Å². The maximum absolute atomic E-state index is 4.79. The molecule has 18 heavy (non-hydrogen) atoms. The summed E-state index contributed by atoms with van der Waals surface area (Å²) in [5.41, 5.74) is 3.41. The summed E-state index contributed by atoms with van der Waals surface area (Å²) in [5, 5.41) is 3.20. The van der Waals surface area contributed by atoms with Crippen molar-refractivity contribution >= 4 is 0 Å². The lowest BCUT2D eigenvalue weighted by atomic mass is 10.1. The zero-order chi connectivity index (χ0) is 12.4. The predicted molar refractivity (Wildman–Crippen MR) is 71.2 cm³/mol. The zero-order valence-corrected chi connectivity index (χ0v) is 10.7. The van der Waals surface area contributed by atoms with E-state index in [1.165, 1.54) is 18.5 Å². The van der Waals surface area contributed by atoms with Crippen LogP contribution in [0, 0.1) is 0 Å². The Bertz CT molecular complexity index is 530. The molecule has 0 aliphatic carbocycles. The van der Waals surface area contributed by atoms with Crippen LogP contribution >= 0.6 is 0 Å². The Morgan fingerprint density at radius 3 is 3.06 bits per heavy atom. The van der Waals surface area contributed by atoms with E-state index in [9.17, 15) is 0 Å². The number of nitrogens with zero attached hydrogens (tertiary/aromatic N) is 3. The Labute approximate surface area is 107 Å². The summed E-state index contributed by atoms with van der Waals surface area (Å²) in [6, 6.07) is 6.01. The first-order valence-electron chi connectivity index (χ1n) is 6.54. The standard InChI is InChI=1S/C14H18N4/c1-15-10-13-17-14(11-6-2-4-8-16-11)12-7-3-5-9-18(12)13/h2,4,6,8,15H,3,5,7,9-10H2,1H3. The Kier molecular flexibility index (Phi) is 3.11. The number of hydrogen-bond acceptors (Lipinski definition) is 3. The molecule has 0 fully saturated rings. The van der Waals surface area contributed by atoms with Crippen molar-refractivity contribution < 1.29 is 0 Å². The molecular weight excluding hydrogens is 224 g/mol. The molecule has 0 amide bonds. The average molecular weight is 242 g/mol. The van der Waals surface area contributed by atoms with Crippen molar-refractivity contribution in [3.8, 4) is 11.4 Å². The number of nitrogens with one attached hydrogen (secondary N) is 1. The van der Waals surface area contributed by atoms with Crippen LogP contribution in [0.3, 0.4) is 0 Å². The number of hydrogen-bond donors (Lipinski definition) is 1. The van der Waals surface area contributed by atoms with Crippen molar-refractivity contribution in [1.82, 2.24) is 19.9 Å². The van der Waals surface area contributed by atoms with Gasteiger partial charge >= 0.3 is 0 Å². The van der Waals surface area contributed by atoms with E-state index in [1.54, 1.807) is 0 Å². The van der Waals surface area contributed by atoms with Crippen molar-refractivity contribution in [3.05, 3.63) is 35.9 Å². The fourth-order valence-electron chi connectivity index (χ4n) is 2.62. The van der Waals surface area contributed by atoms with Crippen LogP contribution < -0.4 is 5.32 Å². The van der Waals surface area contributed by atoms with Gasteiger partial charge in [0.2, 0.25) is 0 Å². The molecule has 3 heterocycles. The molecule has 0 bridgehead atoms. The van der Waals surface area contributed by atoms with Gasteiger partial charge in [-0.3, -0.25) is 4.98 Å². The maximum atomic E-state index is 4.79. The fourth-order valence-corrected chi connectivity index (χ4v) is 2.62. The number of aromatic nitrogens is 3. The zero-order valence-electron chi connectivity index (χ0n) is 10.7. The highest BCUT2D eigenvalue weighted by Gasteiger charge is 2.20. The fraction of sp³-hybridized carbons (Fsp3) is 0.429. The monoisotopic (exact) mass is 242 g/mol. The Morgan fingerprint density at radius 1 is 1.33 bits per heavy atom. The van der Waals surface area contributed by atoms with Crippen molar-refractivity contribution in [2.24, 2.45) is 0 Å².